The summed E-state index contributed by atoms with van der Waals surface area (Å²) >= 11 is 0. The van der Waals surface area contributed by atoms with Crippen molar-refractivity contribution in [2.45, 2.75) is 83.0 Å². The van der Waals surface area contributed by atoms with Gasteiger partial charge < -0.3 is 9.47 Å². The van der Waals surface area contributed by atoms with E-state index in [-0.39, 0.29) is 18.1 Å². The molecule has 1 aromatic rings. The second-order valence-corrected chi connectivity index (χ2v) is 7.41. The minimum atomic E-state index is -5.56. The number of benzene rings is 1. The van der Waals surface area contributed by atoms with Gasteiger partial charge in [-0.2, -0.15) is 26.3 Å². The predicted octanol–water partition coefficient (Wildman–Crippen LogP) is 7.00. The van der Waals surface area contributed by atoms with Crippen LogP contribution >= 0.6 is 0 Å². The van der Waals surface area contributed by atoms with Crippen molar-refractivity contribution in [1.82, 2.24) is 0 Å². The highest BCUT2D eigenvalue weighted by Gasteiger charge is 2.59. The Morgan fingerprint density at radius 1 is 0.964 bits per heavy atom. The summed E-state index contributed by atoms with van der Waals surface area (Å²) in [5.74, 6) is 0.476. The van der Waals surface area contributed by atoms with E-state index in [0.717, 1.165) is 37.7 Å². The fourth-order valence-electron chi connectivity index (χ4n) is 3.40. The maximum Gasteiger partial charge on any atom is 0.423 e. The molecule has 2 nitrogen and oxygen atoms in total. The summed E-state index contributed by atoms with van der Waals surface area (Å²) in [6.07, 6.45) is -12.4. The van der Waals surface area contributed by atoms with Gasteiger partial charge in [-0.25, -0.2) is 0 Å². The van der Waals surface area contributed by atoms with Crippen LogP contribution in [0.25, 0.3) is 0 Å². The first kappa shape index (κ1) is 22.8. The number of hydrogen-bond donors (Lipinski definition) is 0. The SMILES string of the molecule is CCC(C)c1ccc(OC(CC2CCCC2)OC(C(F)(F)F)C(F)(F)F)cc1. The zero-order valence-electron chi connectivity index (χ0n) is 15.9. The smallest absolute Gasteiger partial charge is 0.423 e. The fourth-order valence-corrected chi connectivity index (χ4v) is 3.40. The van der Waals surface area contributed by atoms with Crippen LogP contribution in [0.2, 0.25) is 0 Å². The minimum Gasteiger partial charge on any atom is -0.465 e. The summed E-state index contributed by atoms with van der Waals surface area (Å²) < 4.78 is 87.4. The normalized spacial score (nSPS) is 18.5. The topological polar surface area (TPSA) is 18.5 Å². The van der Waals surface area contributed by atoms with Gasteiger partial charge >= 0.3 is 12.4 Å². The Morgan fingerprint density at radius 2 is 1.50 bits per heavy atom. The highest BCUT2D eigenvalue weighted by molar-refractivity contribution is 5.29. The van der Waals surface area contributed by atoms with Gasteiger partial charge in [0.15, 0.2) is 0 Å². The zero-order valence-corrected chi connectivity index (χ0v) is 15.9. The van der Waals surface area contributed by atoms with Gasteiger partial charge in [0.25, 0.3) is 6.10 Å². The molecule has 0 aromatic heterocycles. The number of hydrogen-bond acceptors (Lipinski definition) is 2. The van der Waals surface area contributed by atoms with Gasteiger partial charge in [-0.05, 0) is 36.0 Å². The Balaban J connectivity index is 2.16. The maximum atomic E-state index is 12.9. The van der Waals surface area contributed by atoms with E-state index in [1.807, 2.05) is 13.8 Å². The molecule has 0 spiro atoms. The summed E-state index contributed by atoms with van der Waals surface area (Å²) in [5.41, 5.74) is 1.02. The lowest BCUT2D eigenvalue weighted by Crippen LogP contribution is -2.47. The van der Waals surface area contributed by atoms with Crippen LogP contribution in [0.5, 0.6) is 5.75 Å². The molecule has 0 amide bonds. The van der Waals surface area contributed by atoms with Crippen LogP contribution in [-0.2, 0) is 4.74 Å². The van der Waals surface area contributed by atoms with Crippen LogP contribution in [0.4, 0.5) is 26.3 Å². The van der Waals surface area contributed by atoms with Crippen molar-refractivity contribution in [2.24, 2.45) is 5.92 Å². The van der Waals surface area contributed by atoms with Gasteiger partial charge in [0.05, 0.1) is 0 Å². The van der Waals surface area contributed by atoms with Gasteiger partial charge in [0.2, 0.25) is 6.29 Å². The average molecular weight is 412 g/mol. The first-order valence-electron chi connectivity index (χ1n) is 9.56. The van der Waals surface area contributed by atoms with Gasteiger partial charge in [0, 0.05) is 6.42 Å². The summed E-state index contributed by atoms with van der Waals surface area (Å²) in [7, 11) is 0. The minimum absolute atomic E-state index is 0.00419. The van der Waals surface area contributed by atoms with Crippen LogP contribution in [-0.4, -0.2) is 24.7 Å². The van der Waals surface area contributed by atoms with Crippen LogP contribution in [0.1, 0.15) is 63.9 Å². The molecule has 0 saturated heterocycles. The summed E-state index contributed by atoms with van der Waals surface area (Å²) in [5, 5.41) is 0. The molecule has 8 heteroatoms. The number of rotatable bonds is 8. The molecule has 1 aromatic carbocycles. The number of ether oxygens (including phenoxy) is 2. The van der Waals surface area contributed by atoms with E-state index >= 15 is 0 Å². The Kier molecular flexibility index (Phi) is 7.65. The Morgan fingerprint density at radius 3 is 1.96 bits per heavy atom. The molecule has 1 aliphatic rings. The Bertz CT molecular complexity index is 576. The van der Waals surface area contributed by atoms with E-state index in [9.17, 15) is 26.3 Å². The lowest BCUT2D eigenvalue weighted by Gasteiger charge is -2.29. The molecule has 2 rings (SSSR count). The van der Waals surface area contributed by atoms with Crippen molar-refractivity contribution >= 4 is 0 Å². The van der Waals surface area contributed by atoms with E-state index in [1.165, 1.54) is 0 Å². The molecular formula is C20H26F6O2. The maximum absolute atomic E-state index is 12.9. The van der Waals surface area contributed by atoms with Crippen molar-refractivity contribution in [2.75, 3.05) is 0 Å². The molecule has 28 heavy (non-hydrogen) atoms. The fraction of sp³-hybridized carbons (Fsp3) is 0.700. The second-order valence-electron chi connectivity index (χ2n) is 7.41. The lowest BCUT2D eigenvalue weighted by atomic mass is 9.99. The van der Waals surface area contributed by atoms with Crippen LogP contribution in [0, 0.1) is 5.92 Å². The summed E-state index contributed by atoms with van der Waals surface area (Å²) in [6.45, 7) is 4.05. The molecule has 0 radical (unpaired) electrons. The number of alkyl halides is 6. The molecule has 0 aliphatic heterocycles. The van der Waals surface area contributed by atoms with Gasteiger partial charge in [-0.15, -0.1) is 0 Å². The Hall–Kier alpha value is -1.44. The number of halogens is 6. The van der Waals surface area contributed by atoms with Crippen molar-refractivity contribution in [3.63, 3.8) is 0 Å². The van der Waals surface area contributed by atoms with E-state index in [0.29, 0.717) is 5.92 Å². The summed E-state index contributed by atoms with van der Waals surface area (Å²) in [4.78, 5) is 0. The zero-order chi connectivity index (χ0) is 20.9. The van der Waals surface area contributed by atoms with Crippen molar-refractivity contribution in [3.05, 3.63) is 29.8 Å². The van der Waals surface area contributed by atoms with Crippen LogP contribution in [0.3, 0.4) is 0 Å². The largest absolute Gasteiger partial charge is 0.465 e. The predicted molar refractivity (Wildman–Crippen MR) is 93.1 cm³/mol. The molecular weight excluding hydrogens is 386 g/mol. The van der Waals surface area contributed by atoms with E-state index < -0.39 is 24.7 Å². The molecule has 1 fully saturated rings. The third-order valence-electron chi connectivity index (χ3n) is 5.21. The van der Waals surface area contributed by atoms with Crippen LogP contribution < -0.4 is 4.74 Å². The molecule has 0 N–H and O–H groups in total. The molecule has 160 valence electrons. The van der Waals surface area contributed by atoms with Crippen molar-refractivity contribution in [1.29, 1.82) is 0 Å². The monoisotopic (exact) mass is 412 g/mol. The van der Waals surface area contributed by atoms with Crippen molar-refractivity contribution in [3.8, 4) is 5.75 Å². The van der Waals surface area contributed by atoms with E-state index in [4.69, 9.17) is 4.74 Å². The third-order valence-corrected chi connectivity index (χ3v) is 5.21. The van der Waals surface area contributed by atoms with E-state index in [2.05, 4.69) is 4.74 Å². The third kappa shape index (κ3) is 6.57. The quantitative estimate of drug-likeness (QED) is 0.338. The van der Waals surface area contributed by atoms with E-state index in [1.54, 1.807) is 24.3 Å². The molecule has 2 atom stereocenters. The van der Waals surface area contributed by atoms with Gasteiger partial charge in [-0.1, -0.05) is 51.7 Å². The average Bonchev–Trinajstić information content (AvgIpc) is 3.10. The highest BCUT2D eigenvalue weighted by atomic mass is 19.4. The van der Waals surface area contributed by atoms with Gasteiger partial charge in [0.1, 0.15) is 5.75 Å². The Labute approximate surface area is 161 Å². The van der Waals surface area contributed by atoms with Gasteiger partial charge in [-0.3, -0.25) is 0 Å². The second kappa shape index (κ2) is 9.37. The molecule has 0 bridgehead atoms. The first-order chi connectivity index (χ1) is 13.0. The molecule has 1 aliphatic carbocycles. The van der Waals surface area contributed by atoms with Crippen molar-refractivity contribution < 1.29 is 35.8 Å². The standard InChI is InChI=1S/C20H26F6O2/c1-3-13(2)15-8-10-16(11-9-15)27-17(12-14-6-4-5-7-14)28-18(19(21,22)23)20(24,25)26/h8-11,13-14,17-18H,3-7,12H2,1-2H3. The highest BCUT2D eigenvalue weighted by Crippen LogP contribution is 2.38. The summed E-state index contributed by atoms with van der Waals surface area (Å²) in [6, 6.07) is 6.65. The molecule has 0 heterocycles. The molecule has 2 unspecified atom stereocenters. The molecule has 1 saturated carbocycles. The first-order valence-corrected chi connectivity index (χ1v) is 9.56. The van der Waals surface area contributed by atoms with Crippen LogP contribution in [0.15, 0.2) is 24.3 Å². The lowest BCUT2D eigenvalue weighted by molar-refractivity contribution is -0.346.